The first kappa shape index (κ1) is 22.8. The van der Waals surface area contributed by atoms with Crippen LogP contribution < -0.4 is 16.4 Å². The van der Waals surface area contributed by atoms with Crippen LogP contribution in [0, 0.1) is 11.2 Å². The Hall–Kier alpha value is -3.41. The molecule has 0 bridgehead atoms. The molecular formula is C22H26FN7O3. The molecule has 1 aliphatic heterocycles. The Labute approximate surface area is 190 Å². The van der Waals surface area contributed by atoms with Crippen LogP contribution in [-0.2, 0) is 14.3 Å². The molecule has 0 atom stereocenters. The molecule has 1 amide bonds. The maximum atomic E-state index is 13.5. The van der Waals surface area contributed by atoms with E-state index in [0.29, 0.717) is 47.5 Å². The highest BCUT2D eigenvalue weighted by molar-refractivity contribution is 5.82. The van der Waals surface area contributed by atoms with Gasteiger partial charge in [-0.15, -0.1) is 0 Å². The number of hydrogen-bond acceptors (Lipinski definition) is 8. The molecule has 11 heteroatoms. The van der Waals surface area contributed by atoms with E-state index in [-0.39, 0.29) is 24.9 Å². The monoisotopic (exact) mass is 455 g/mol. The molecule has 3 heterocycles. The molecule has 1 aromatic carbocycles. The molecule has 3 aromatic rings. The van der Waals surface area contributed by atoms with Crippen molar-refractivity contribution in [1.82, 2.24) is 25.3 Å². The predicted octanol–water partition coefficient (Wildman–Crippen LogP) is 1.84. The van der Waals surface area contributed by atoms with Crippen molar-refractivity contribution in [2.24, 2.45) is 11.1 Å². The summed E-state index contributed by atoms with van der Waals surface area (Å²) in [6.45, 7) is 3.07. The number of carbonyl (C=O) groups is 1. The maximum Gasteiger partial charge on any atom is 0.230 e. The van der Waals surface area contributed by atoms with Crippen molar-refractivity contribution in [3.05, 3.63) is 48.2 Å². The largest absolute Gasteiger partial charge is 0.359 e. The quantitative estimate of drug-likeness (QED) is 0.423. The van der Waals surface area contributed by atoms with Gasteiger partial charge in [-0.2, -0.15) is 0 Å². The van der Waals surface area contributed by atoms with Crippen LogP contribution in [0.2, 0.25) is 0 Å². The molecule has 174 valence electrons. The van der Waals surface area contributed by atoms with E-state index in [9.17, 15) is 9.18 Å². The summed E-state index contributed by atoms with van der Waals surface area (Å²) < 4.78 is 25.2. The van der Waals surface area contributed by atoms with Crippen molar-refractivity contribution in [2.45, 2.75) is 13.2 Å². The number of aromatic nitrogens is 4. The topological polar surface area (TPSA) is 140 Å². The highest BCUT2D eigenvalue weighted by Crippen LogP contribution is 2.35. The van der Waals surface area contributed by atoms with Crippen LogP contribution >= 0.6 is 0 Å². The second-order valence-corrected chi connectivity index (χ2v) is 7.93. The Balaban J connectivity index is 1.68. The number of nitrogens with zero attached hydrogens (tertiary/aromatic N) is 3. The third kappa shape index (κ3) is 4.85. The molecule has 1 fully saturated rings. The lowest BCUT2D eigenvalue weighted by Crippen LogP contribution is -2.47. The van der Waals surface area contributed by atoms with Crippen LogP contribution in [0.25, 0.3) is 22.6 Å². The zero-order chi connectivity index (χ0) is 23.4. The number of nitrogens with two attached hydrogens (primary N) is 1. The van der Waals surface area contributed by atoms with Crippen LogP contribution in [0.1, 0.15) is 19.0 Å². The number of amides is 1. The lowest BCUT2D eigenvalue weighted by atomic mass is 9.91. The molecule has 0 radical (unpaired) electrons. The van der Waals surface area contributed by atoms with Crippen LogP contribution in [0.3, 0.4) is 0 Å². The van der Waals surface area contributed by atoms with E-state index in [0.717, 1.165) is 0 Å². The number of rotatable bonds is 7. The zero-order valence-corrected chi connectivity index (χ0v) is 18.4. The number of nitrogens with one attached hydrogen (secondary N) is 3. The van der Waals surface area contributed by atoms with Crippen molar-refractivity contribution in [3.63, 3.8) is 0 Å². The van der Waals surface area contributed by atoms with Crippen molar-refractivity contribution < 1.29 is 18.7 Å². The molecule has 4 rings (SSSR count). The summed E-state index contributed by atoms with van der Waals surface area (Å²) >= 11 is 0. The molecule has 0 unspecified atom stereocenters. The number of aromatic amines is 1. The van der Waals surface area contributed by atoms with Crippen molar-refractivity contribution in [2.75, 3.05) is 38.7 Å². The van der Waals surface area contributed by atoms with Gasteiger partial charge in [-0.3, -0.25) is 4.79 Å². The number of benzene rings is 1. The average molecular weight is 455 g/mol. The minimum absolute atomic E-state index is 0.161. The van der Waals surface area contributed by atoms with E-state index < -0.39 is 11.7 Å². The number of imidazole rings is 1. The van der Waals surface area contributed by atoms with Gasteiger partial charge in [0, 0.05) is 31.9 Å². The summed E-state index contributed by atoms with van der Waals surface area (Å²) in [4.78, 5) is 28.8. The summed E-state index contributed by atoms with van der Waals surface area (Å²) in [6.07, 6.45) is 0.825. The summed E-state index contributed by atoms with van der Waals surface area (Å²) in [5.41, 5.74) is 7.18. The maximum absolute atomic E-state index is 13.5. The molecular weight excluding hydrogens is 429 g/mol. The van der Waals surface area contributed by atoms with Gasteiger partial charge < -0.3 is 30.8 Å². The van der Waals surface area contributed by atoms with Gasteiger partial charge in [-0.25, -0.2) is 19.3 Å². The Morgan fingerprint density at radius 3 is 2.64 bits per heavy atom. The zero-order valence-electron chi connectivity index (χ0n) is 18.4. The normalized spacial score (nSPS) is 20.4. The molecule has 0 saturated carbocycles. The molecule has 33 heavy (non-hydrogen) atoms. The molecule has 1 saturated heterocycles. The van der Waals surface area contributed by atoms with Crippen molar-refractivity contribution >= 4 is 11.9 Å². The summed E-state index contributed by atoms with van der Waals surface area (Å²) in [7, 11) is 1.58. The minimum atomic E-state index is -0.799. The number of carbonyl (C=O) groups excluding carboxylic acids is 1. The molecule has 1 aliphatic rings. The lowest BCUT2D eigenvalue weighted by molar-refractivity contribution is -0.230. The van der Waals surface area contributed by atoms with E-state index >= 15 is 0 Å². The first-order valence-electron chi connectivity index (χ1n) is 10.5. The lowest BCUT2D eigenvalue weighted by Gasteiger charge is -2.34. The van der Waals surface area contributed by atoms with E-state index in [1.54, 1.807) is 38.4 Å². The standard InChI is InChI=1S/C22H26FN7O3/c1-22(20(31)25-2)11-32-19(33-12-22)18-29-16(13-3-5-14(23)6-4-13)17(30-18)15-7-9-26-21(28-15)27-10-8-24/h3-7,9,19H,8,10-12,24H2,1-2H3,(H,25,31)(H,29,30)(H,26,27,28). The van der Waals surface area contributed by atoms with E-state index in [4.69, 9.17) is 15.2 Å². The third-order valence-electron chi connectivity index (χ3n) is 5.28. The van der Waals surface area contributed by atoms with Gasteiger partial charge in [-0.1, -0.05) is 0 Å². The van der Waals surface area contributed by atoms with Gasteiger partial charge >= 0.3 is 0 Å². The highest BCUT2D eigenvalue weighted by Gasteiger charge is 2.40. The van der Waals surface area contributed by atoms with Crippen LogP contribution in [0.4, 0.5) is 10.3 Å². The van der Waals surface area contributed by atoms with Crippen LogP contribution in [0.5, 0.6) is 0 Å². The number of halogens is 1. The average Bonchev–Trinajstić information content (AvgIpc) is 3.28. The molecule has 2 aromatic heterocycles. The number of hydrogen-bond donors (Lipinski definition) is 4. The summed E-state index contributed by atoms with van der Waals surface area (Å²) in [6, 6.07) is 7.74. The molecule has 10 nitrogen and oxygen atoms in total. The second-order valence-electron chi connectivity index (χ2n) is 7.93. The Kier molecular flexibility index (Phi) is 6.63. The summed E-state index contributed by atoms with van der Waals surface area (Å²) in [5, 5.41) is 5.68. The van der Waals surface area contributed by atoms with E-state index in [2.05, 4.69) is 30.6 Å². The van der Waals surface area contributed by atoms with Gasteiger partial charge in [-0.05, 0) is 37.3 Å². The SMILES string of the molecule is CNC(=O)C1(C)COC(c2nc(-c3ccc(F)cc3)c(-c3ccnc(NCCN)n3)[nH]2)OC1. The van der Waals surface area contributed by atoms with E-state index in [1.165, 1.54) is 12.1 Å². The van der Waals surface area contributed by atoms with Crippen LogP contribution in [-0.4, -0.2) is 59.2 Å². The Morgan fingerprint density at radius 1 is 1.24 bits per heavy atom. The first-order valence-corrected chi connectivity index (χ1v) is 10.5. The predicted molar refractivity (Wildman–Crippen MR) is 119 cm³/mol. The van der Waals surface area contributed by atoms with E-state index in [1.807, 2.05) is 0 Å². The number of anilines is 1. The Bertz CT molecular complexity index is 1110. The van der Waals surface area contributed by atoms with Gasteiger partial charge in [0.25, 0.3) is 0 Å². The fraction of sp³-hybridized carbons (Fsp3) is 0.364. The second kappa shape index (κ2) is 9.61. The van der Waals surface area contributed by atoms with Crippen molar-refractivity contribution in [1.29, 1.82) is 0 Å². The fourth-order valence-corrected chi connectivity index (χ4v) is 3.47. The van der Waals surface area contributed by atoms with Gasteiger partial charge in [0.05, 0.1) is 35.7 Å². The summed E-state index contributed by atoms with van der Waals surface area (Å²) in [5.74, 6) is 0.328. The first-order chi connectivity index (χ1) is 15.9. The van der Waals surface area contributed by atoms with Crippen molar-refractivity contribution in [3.8, 4) is 22.6 Å². The highest BCUT2D eigenvalue weighted by atomic mass is 19.1. The molecule has 0 aliphatic carbocycles. The number of H-pyrrole nitrogens is 1. The van der Waals surface area contributed by atoms with Gasteiger partial charge in [0.15, 0.2) is 5.82 Å². The molecule has 0 spiro atoms. The smallest absolute Gasteiger partial charge is 0.230 e. The van der Waals surface area contributed by atoms with Gasteiger partial charge in [0.1, 0.15) is 5.82 Å². The fourth-order valence-electron chi connectivity index (χ4n) is 3.47. The van der Waals surface area contributed by atoms with Crippen LogP contribution in [0.15, 0.2) is 36.5 Å². The Morgan fingerprint density at radius 2 is 1.97 bits per heavy atom. The third-order valence-corrected chi connectivity index (χ3v) is 5.28. The minimum Gasteiger partial charge on any atom is -0.359 e. The molecule has 5 N–H and O–H groups in total. The number of ether oxygens (including phenoxy) is 2. The van der Waals surface area contributed by atoms with Gasteiger partial charge in [0.2, 0.25) is 18.1 Å².